The lowest BCUT2D eigenvalue weighted by molar-refractivity contribution is 0.0573. The maximum atomic E-state index is 13.6. The Hall–Kier alpha value is -1.09. The molecule has 0 amide bonds. The molecule has 0 saturated heterocycles. The predicted molar refractivity (Wildman–Crippen MR) is 80.9 cm³/mol. The molecule has 1 unspecified atom stereocenters. The molecule has 0 spiro atoms. The fourth-order valence-corrected chi connectivity index (χ4v) is 2.54. The minimum absolute atomic E-state index is 0.283. The zero-order chi connectivity index (χ0) is 14.9. The summed E-state index contributed by atoms with van der Waals surface area (Å²) in [6, 6.07) is 9.85. The van der Waals surface area contributed by atoms with Gasteiger partial charge in [-0.05, 0) is 48.7 Å². The molecule has 0 radical (unpaired) electrons. The summed E-state index contributed by atoms with van der Waals surface area (Å²) in [5.74, 6) is -0.329. The summed E-state index contributed by atoms with van der Waals surface area (Å²) in [6.07, 6.45) is 0.283. The molecule has 0 heterocycles. The average molecular weight is 313 g/mol. The number of hydrogen-bond donors (Lipinski definition) is 1. The average Bonchev–Trinajstić information content (AvgIpc) is 2.36. The second-order valence-corrected chi connectivity index (χ2v) is 5.99. The molecular weight excluding hydrogens is 298 g/mol. The highest BCUT2D eigenvalue weighted by Crippen LogP contribution is 2.30. The lowest BCUT2D eigenvalue weighted by Crippen LogP contribution is -2.24. The quantitative estimate of drug-likeness (QED) is 0.855. The Morgan fingerprint density at radius 1 is 1.15 bits per heavy atom. The van der Waals surface area contributed by atoms with Crippen molar-refractivity contribution in [3.63, 3.8) is 0 Å². The maximum Gasteiger partial charge on any atom is 0.126 e. The van der Waals surface area contributed by atoms with Crippen LogP contribution in [0.4, 0.5) is 4.39 Å². The van der Waals surface area contributed by atoms with Crippen molar-refractivity contribution in [1.29, 1.82) is 0 Å². The number of aliphatic hydroxyl groups is 1. The first-order chi connectivity index (χ1) is 9.29. The Labute approximate surface area is 128 Å². The van der Waals surface area contributed by atoms with Gasteiger partial charge in [-0.15, -0.1) is 0 Å². The Kier molecular flexibility index (Phi) is 4.38. The summed E-state index contributed by atoms with van der Waals surface area (Å²) in [7, 11) is 0. The molecule has 4 heteroatoms. The minimum atomic E-state index is -1.20. The van der Waals surface area contributed by atoms with E-state index >= 15 is 0 Å². The van der Waals surface area contributed by atoms with Crippen LogP contribution in [-0.4, -0.2) is 5.11 Å². The van der Waals surface area contributed by atoms with E-state index in [1.165, 1.54) is 6.07 Å². The molecule has 2 aromatic carbocycles. The summed E-state index contributed by atoms with van der Waals surface area (Å²) in [5.41, 5.74) is 0.634. The molecule has 0 aliphatic rings. The summed E-state index contributed by atoms with van der Waals surface area (Å²) in [4.78, 5) is 0. The van der Waals surface area contributed by atoms with E-state index in [0.717, 1.165) is 5.56 Å². The molecule has 0 aromatic heterocycles. The van der Waals surface area contributed by atoms with Gasteiger partial charge >= 0.3 is 0 Å². The van der Waals surface area contributed by atoms with Crippen LogP contribution >= 0.6 is 23.2 Å². The number of hydrogen-bond acceptors (Lipinski definition) is 1. The van der Waals surface area contributed by atoms with E-state index in [4.69, 9.17) is 23.2 Å². The second kappa shape index (κ2) is 5.72. The van der Waals surface area contributed by atoms with Crippen LogP contribution in [0.25, 0.3) is 0 Å². The Morgan fingerprint density at radius 2 is 1.85 bits per heavy atom. The highest BCUT2D eigenvalue weighted by molar-refractivity contribution is 6.35. The summed E-state index contributed by atoms with van der Waals surface area (Å²) in [6.45, 7) is 3.33. The van der Waals surface area contributed by atoms with Crippen LogP contribution < -0.4 is 0 Å². The third kappa shape index (κ3) is 3.32. The first-order valence-corrected chi connectivity index (χ1v) is 6.98. The molecule has 0 aliphatic heterocycles. The third-order valence-electron chi connectivity index (χ3n) is 3.34. The molecule has 20 heavy (non-hydrogen) atoms. The van der Waals surface area contributed by atoms with Gasteiger partial charge < -0.3 is 5.11 Å². The van der Waals surface area contributed by atoms with Gasteiger partial charge in [-0.3, -0.25) is 0 Å². The molecule has 106 valence electrons. The fraction of sp³-hybridized carbons (Fsp3) is 0.250. The van der Waals surface area contributed by atoms with Gasteiger partial charge in [0.05, 0.1) is 5.60 Å². The predicted octanol–water partition coefficient (Wildman–Crippen LogP) is 4.89. The second-order valence-electron chi connectivity index (χ2n) is 5.15. The molecule has 2 aromatic rings. The topological polar surface area (TPSA) is 20.2 Å². The van der Waals surface area contributed by atoms with Crippen molar-refractivity contribution < 1.29 is 9.50 Å². The molecule has 2 rings (SSSR count). The molecule has 0 fully saturated rings. The van der Waals surface area contributed by atoms with Crippen molar-refractivity contribution in [3.05, 3.63) is 69.0 Å². The van der Waals surface area contributed by atoms with E-state index < -0.39 is 5.60 Å². The molecule has 1 atom stereocenters. The Balaban J connectivity index is 2.32. The van der Waals surface area contributed by atoms with Crippen LogP contribution in [0.3, 0.4) is 0 Å². The van der Waals surface area contributed by atoms with Crippen LogP contribution in [0.15, 0.2) is 36.4 Å². The molecule has 1 N–H and O–H groups in total. The first-order valence-electron chi connectivity index (χ1n) is 6.22. The van der Waals surface area contributed by atoms with Gasteiger partial charge in [0, 0.05) is 16.5 Å². The van der Waals surface area contributed by atoms with Gasteiger partial charge in [-0.2, -0.15) is 0 Å². The zero-order valence-electron chi connectivity index (χ0n) is 11.3. The van der Waals surface area contributed by atoms with Crippen molar-refractivity contribution in [2.45, 2.75) is 25.9 Å². The van der Waals surface area contributed by atoms with Crippen LogP contribution in [0.2, 0.25) is 10.0 Å². The van der Waals surface area contributed by atoms with Crippen LogP contribution in [0.5, 0.6) is 0 Å². The Morgan fingerprint density at radius 3 is 2.45 bits per heavy atom. The van der Waals surface area contributed by atoms with Gasteiger partial charge in [0.1, 0.15) is 5.82 Å². The Bertz CT molecular complexity index is 638. The summed E-state index contributed by atoms with van der Waals surface area (Å²) in [5, 5.41) is 11.6. The summed E-state index contributed by atoms with van der Waals surface area (Å²) < 4.78 is 13.6. The van der Waals surface area contributed by atoms with Crippen LogP contribution in [0.1, 0.15) is 23.6 Å². The largest absolute Gasteiger partial charge is 0.385 e. The lowest BCUT2D eigenvalue weighted by Gasteiger charge is -2.25. The van der Waals surface area contributed by atoms with E-state index in [9.17, 15) is 9.50 Å². The monoisotopic (exact) mass is 312 g/mol. The standard InChI is InChI=1S/C16H15Cl2FO/c1-10-3-5-12(7-15(10)19)16(2,20)9-11-4-6-13(17)8-14(11)18/h3-8,20H,9H2,1-2H3. The zero-order valence-corrected chi connectivity index (χ0v) is 12.8. The van der Waals surface area contributed by atoms with Crippen LogP contribution in [-0.2, 0) is 12.0 Å². The van der Waals surface area contributed by atoms with E-state index in [0.29, 0.717) is 21.2 Å². The van der Waals surface area contributed by atoms with Gasteiger partial charge in [0.2, 0.25) is 0 Å². The number of aryl methyl sites for hydroxylation is 1. The summed E-state index contributed by atoms with van der Waals surface area (Å²) >= 11 is 12.0. The SMILES string of the molecule is Cc1ccc(C(C)(O)Cc2ccc(Cl)cc2Cl)cc1F. The normalized spacial score (nSPS) is 14.1. The third-order valence-corrected chi connectivity index (χ3v) is 3.93. The van der Waals surface area contributed by atoms with Gasteiger partial charge in [0.15, 0.2) is 0 Å². The van der Waals surface area contributed by atoms with Gasteiger partial charge in [0.25, 0.3) is 0 Å². The smallest absolute Gasteiger partial charge is 0.126 e. The van der Waals surface area contributed by atoms with Crippen LogP contribution in [0, 0.1) is 12.7 Å². The van der Waals surface area contributed by atoms with Crippen molar-refractivity contribution in [1.82, 2.24) is 0 Å². The van der Waals surface area contributed by atoms with Gasteiger partial charge in [-0.25, -0.2) is 4.39 Å². The highest BCUT2D eigenvalue weighted by atomic mass is 35.5. The van der Waals surface area contributed by atoms with Gasteiger partial charge in [-0.1, -0.05) is 41.4 Å². The molecule has 0 saturated carbocycles. The van der Waals surface area contributed by atoms with Crippen molar-refractivity contribution in [3.8, 4) is 0 Å². The lowest BCUT2D eigenvalue weighted by atomic mass is 9.88. The van der Waals surface area contributed by atoms with Crippen molar-refractivity contribution in [2.24, 2.45) is 0 Å². The number of rotatable bonds is 3. The van der Waals surface area contributed by atoms with E-state index in [1.54, 1.807) is 44.2 Å². The molecule has 0 bridgehead atoms. The van der Waals surface area contributed by atoms with Crippen molar-refractivity contribution in [2.75, 3.05) is 0 Å². The first kappa shape index (κ1) is 15.3. The molecule has 0 aliphatic carbocycles. The fourth-order valence-electron chi connectivity index (χ4n) is 2.07. The highest BCUT2D eigenvalue weighted by Gasteiger charge is 2.25. The van der Waals surface area contributed by atoms with Crippen molar-refractivity contribution >= 4 is 23.2 Å². The molecule has 1 nitrogen and oxygen atoms in total. The number of benzene rings is 2. The van der Waals surface area contributed by atoms with E-state index in [2.05, 4.69) is 0 Å². The number of halogens is 3. The van der Waals surface area contributed by atoms with E-state index in [-0.39, 0.29) is 12.2 Å². The maximum absolute atomic E-state index is 13.6. The molecular formula is C16H15Cl2FO. The van der Waals surface area contributed by atoms with E-state index in [1.807, 2.05) is 0 Å². The minimum Gasteiger partial charge on any atom is -0.385 e.